The van der Waals surface area contributed by atoms with Gasteiger partial charge in [0.25, 0.3) is 0 Å². The number of likely N-dealkylation sites (tertiary alicyclic amines) is 1. The molecule has 3 aromatic rings. The van der Waals surface area contributed by atoms with Gasteiger partial charge in [-0.3, -0.25) is 9.78 Å². The normalized spacial score (nSPS) is 16.1. The Morgan fingerprint density at radius 3 is 2.61 bits per heavy atom. The lowest BCUT2D eigenvalue weighted by Crippen LogP contribution is -2.42. The molecule has 0 unspecified atom stereocenters. The maximum atomic E-state index is 13.0. The maximum absolute atomic E-state index is 13.0. The molecule has 0 aromatic carbocycles. The lowest BCUT2D eigenvalue weighted by molar-refractivity contribution is 0.0178. The Morgan fingerprint density at radius 1 is 1.21 bits per heavy atom. The minimum absolute atomic E-state index is 0.155. The largest absolute Gasteiger partial charge is 0.477 e. The van der Waals surface area contributed by atoms with E-state index in [1.165, 1.54) is 12.3 Å². The highest BCUT2D eigenvalue weighted by Crippen LogP contribution is 2.33. The third-order valence-corrected chi connectivity index (χ3v) is 7.20. The molecule has 2 aliphatic heterocycles. The molecule has 0 aliphatic carbocycles. The fraction of sp³-hybridized carbons (Fsp3) is 0.444. The van der Waals surface area contributed by atoms with Gasteiger partial charge in [0.15, 0.2) is 5.82 Å². The van der Waals surface area contributed by atoms with E-state index in [1.807, 2.05) is 37.8 Å². The van der Waals surface area contributed by atoms with Gasteiger partial charge >= 0.3 is 12.1 Å². The number of aromatic carboxylic acids is 1. The predicted molar refractivity (Wildman–Crippen MR) is 143 cm³/mol. The van der Waals surface area contributed by atoms with E-state index in [0.29, 0.717) is 57.0 Å². The first kappa shape index (κ1) is 26.0. The van der Waals surface area contributed by atoms with Crippen molar-refractivity contribution in [1.82, 2.24) is 19.4 Å². The minimum Gasteiger partial charge on any atom is -0.477 e. The molecule has 1 saturated heterocycles. The van der Waals surface area contributed by atoms with Crippen LogP contribution in [0.5, 0.6) is 0 Å². The molecule has 11 heteroatoms. The Labute approximate surface area is 224 Å². The van der Waals surface area contributed by atoms with E-state index in [2.05, 4.69) is 4.98 Å². The number of nitrogens with zero attached hydrogens (tertiary/aromatic N) is 5. The number of halogens is 1. The van der Waals surface area contributed by atoms with Gasteiger partial charge in [0.1, 0.15) is 16.8 Å². The number of carboxylic acid groups (broad SMARTS) is 1. The van der Waals surface area contributed by atoms with Gasteiger partial charge in [0, 0.05) is 38.6 Å². The molecule has 1 N–H and O–H groups in total. The second kappa shape index (κ2) is 9.90. The monoisotopic (exact) mass is 539 g/mol. The van der Waals surface area contributed by atoms with Crippen LogP contribution in [-0.4, -0.2) is 55.3 Å². The third kappa shape index (κ3) is 5.18. The van der Waals surface area contributed by atoms with E-state index >= 15 is 0 Å². The topological polar surface area (TPSA) is 118 Å². The van der Waals surface area contributed by atoms with Crippen molar-refractivity contribution in [2.24, 2.45) is 5.92 Å². The number of hydrogen-bond donors (Lipinski definition) is 1. The molecule has 0 radical (unpaired) electrons. The fourth-order valence-corrected chi connectivity index (χ4v) is 5.31. The number of anilines is 1. The van der Waals surface area contributed by atoms with E-state index < -0.39 is 17.0 Å². The summed E-state index contributed by atoms with van der Waals surface area (Å²) >= 11 is 6.60. The molecule has 0 bridgehead atoms. The smallest absolute Gasteiger partial charge is 0.410 e. The van der Waals surface area contributed by atoms with E-state index in [0.717, 1.165) is 11.3 Å². The van der Waals surface area contributed by atoms with Gasteiger partial charge in [-0.15, -0.1) is 0 Å². The highest BCUT2D eigenvalue weighted by molar-refractivity contribution is 6.33. The van der Waals surface area contributed by atoms with Crippen LogP contribution in [0.3, 0.4) is 0 Å². The lowest BCUT2D eigenvalue weighted by Gasteiger charge is -2.33. The zero-order valence-electron chi connectivity index (χ0n) is 21.6. The Hall–Kier alpha value is -3.66. The summed E-state index contributed by atoms with van der Waals surface area (Å²) in [4.78, 5) is 50.3. The number of fused-ring (bicyclic) bond motifs is 2. The number of aromatic nitrogens is 3. The molecule has 38 heavy (non-hydrogen) atoms. The Balaban J connectivity index is 1.44. The van der Waals surface area contributed by atoms with Gasteiger partial charge in [0.2, 0.25) is 5.43 Å². The van der Waals surface area contributed by atoms with Gasteiger partial charge in [-0.2, -0.15) is 0 Å². The number of amides is 1. The molecular formula is C27H30ClN5O5. The van der Waals surface area contributed by atoms with Crippen molar-refractivity contribution < 1.29 is 19.4 Å². The first-order valence-corrected chi connectivity index (χ1v) is 13.0. The van der Waals surface area contributed by atoms with Crippen LogP contribution in [0.2, 0.25) is 5.02 Å². The summed E-state index contributed by atoms with van der Waals surface area (Å²) in [5.41, 5.74) is 0.912. The molecule has 5 rings (SSSR count). The van der Waals surface area contributed by atoms with Gasteiger partial charge in [-0.1, -0.05) is 17.7 Å². The summed E-state index contributed by atoms with van der Waals surface area (Å²) in [6.45, 7) is 8.16. The standard InChI is InChI=1S/C27H30ClN5O5/c1-27(2,3)38-26(37)31-9-6-16(7-10-31)12-32-14-19(25(35)36)22(34)18-11-20(28)24(30-23(18)32)33-13-17-5-4-8-29-21(17)15-33/h4-5,8,11,14,16H,6-7,9-10,12-13,15H2,1-3H3,(H,35,36). The van der Waals surface area contributed by atoms with Crippen molar-refractivity contribution in [2.75, 3.05) is 18.0 Å². The second-order valence-corrected chi connectivity index (χ2v) is 11.3. The Morgan fingerprint density at radius 2 is 1.95 bits per heavy atom. The molecule has 0 saturated carbocycles. The van der Waals surface area contributed by atoms with E-state index in [-0.39, 0.29) is 28.0 Å². The quantitative estimate of drug-likeness (QED) is 0.521. The Kier molecular flexibility index (Phi) is 6.77. The molecule has 1 amide bonds. The van der Waals surface area contributed by atoms with Crippen molar-refractivity contribution >= 4 is 40.5 Å². The molecule has 1 fully saturated rings. The van der Waals surface area contributed by atoms with E-state index in [1.54, 1.807) is 15.7 Å². The third-order valence-electron chi connectivity index (χ3n) is 6.92. The summed E-state index contributed by atoms with van der Waals surface area (Å²) in [5, 5.41) is 10.1. The van der Waals surface area contributed by atoms with Crippen LogP contribution < -0.4 is 10.3 Å². The van der Waals surface area contributed by atoms with E-state index in [9.17, 15) is 19.5 Å². The van der Waals surface area contributed by atoms with Crippen LogP contribution in [0.25, 0.3) is 11.0 Å². The molecule has 10 nitrogen and oxygen atoms in total. The molecule has 5 heterocycles. The van der Waals surface area contributed by atoms with E-state index in [4.69, 9.17) is 21.3 Å². The number of rotatable bonds is 4. The summed E-state index contributed by atoms with van der Waals surface area (Å²) < 4.78 is 7.24. The number of pyridine rings is 3. The molecule has 2 aliphatic rings. The van der Waals surface area contributed by atoms with Gasteiger partial charge < -0.3 is 24.2 Å². The van der Waals surface area contributed by atoms with Gasteiger partial charge in [0.05, 0.1) is 22.6 Å². The summed E-state index contributed by atoms with van der Waals surface area (Å²) in [6, 6.07) is 5.42. The number of carboxylic acids is 1. The van der Waals surface area contributed by atoms with Crippen molar-refractivity contribution in [3.8, 4) is 0 Å². The minimum atomic E-state index is -1.30. The average Bonchev–Trinajstić information content (AvgIpc) is 3.29. The van der Waals surface area contributed by atoms with Crippen molar-refractivity contribution in [2.45, 2.75) is 58.8 Å². The summed E-state index contributed by atoms with van der Waals surface area (Å²) in [6.07, 6.45) is 4.21. The maximum Gasteiger partial charge on any atom is 0.410 e. The van der Waals surface area contributed by atoms with Crippen LogP contribution in [0.1, 0.15) is 55.2 Å². The van der Waals surface area contributed by atoms with Crippen LogP contribution >= 0.6 is 11.6 Å². The average molecular weight is 540 g/mol. The highest BCUT2D eigenvalue weighted by Gasteiger charge is 2.29. The second-order valence-electron chi connectivity index (χ2n) is 10.9. The number of carbonyl (C=O) groups excluding carboxylic acids is 1. The van der Waals surface area contributed by atoms with Crippen molar-refractivity contribution in [1.29, 1.82) is 0 Å². The SMILES string of the molecule is CC(C)(C)OC(=O)N1CCC(Cn2cc(C(=O)O)c(=O)c3cc(Cl)c(N4Cc5cccnc5C4)nc32)CC1. The number of piperidine rings is 1. The molecule has 200 valence electrons. The molecule has 0 spiro atoms. The van der Waals surface area contributed by atoms with Crippen molar-refractivity contribution in [3.05, 3.63) is 62.7 Å². The van der Waals surface area contributed by atoms with Crippen LogP contribution in [0.4, 0.5) is 10.6 Å². The summed E-state index contributed by atoms with van der Waals surface area (Å²) in [7, 11) is 0. The number of carbonyl (C=O) groups is 2. The fourth-order valence-electron chi connectivity index (χ4n) is 5.04. The Bertz CT molecular complexity index is 1450. The van der Waals surface area contributed by atoms with Crippen LogP contribution in [-0.2, 0) is 24.4 Å². The molecule has 0 atom stereocenters. The van der Waals surface area contributed by atoms with Crippen LogP contribution in [0, 0.1) is 5.92 Å². The first-order chi connectivity index (χ1) is 18.0. The zero-order chi connectivity index (χ0) is 27.2. The highest BCUT2D eigenvalue weighted by atomic mass is 35.5. The lowest BCUT2D eigenvalue weighted by atomic mass is 9.96. The van der Waals surface area contributed by atoms with Crippen LogP contribution in [0.15, 0.2) is 35.4 Å². The molecule has 3 aromatic heterocycles. The van der Waals surface area contributed by atoms with Gasteiger partial charge in [-0.25, -0.2) is 14.6 Å². The van der Waals surface area contributed by atoms with Crippen molar-refractivity contribution in [3.63, 3.8) is 0 Å². The summed E-state index contributed by atoms with van der Waals surface area (Å²) in [5.74, 6) is -0.623. The molecular weight excluding hydrogens is 510 g/mol. The predicted octanol–water partition coefficient (Wildman–Crippen LogP) is 4.31. The first-order valence-electron chi connectivity index (χ1n) is 12.6. The number of ether oxygens (including phenoxy) is 1. The number of hydrogen-bond acceptors (Lipinski definition) is 7. The van der Waals surface area contributed by atoms with Gasteiger partial charge in [-0.05, 0) is 57.2 Å². The zero-order valence-corrected chi connectivity index (χ0v) is 22.4.